The SMILES string of the molecule is CCCC(=O)Oc1cc2oc(=O)c(C(=O)NCCC(=O)OCc3ccccc3)cc2cc1Cl. The van der Waals surface area contributed by atoms with E-state index in [0.717, 1.165) is 5.56 Å². The van der Waals surface area contributed by atoms with Crippen molar-refractivity contribution < 1.29 is 28.3 Å². The standard InChI is InChI=1S/C24H22ClNO7/c1-2-6-22(28)32-20-13-19-16(12-18(20)25)11-17(24(30)33-19)23(29)26-10-9-21(27)31-14-15-7-4-3-5-8-15/h3-5,7-8,11-13H,2,6,9-10,14H2,1H3,(H,26,29). The van der Waals surface area contributed by atoms with Gasteiger partial charge >= 0.3 is 17.6 Å². The first kappa shape index (κ1) is 24.0. The molecule has 0 atom stereocenters. The van der Waals surface area contributed by atoms with Crippen LogP contribution in [-0.4, -0.2) is 24.4 Å². The molecule has 0 radical (unpaired) electrons. The van der Waals surface area contributed by atoms with E-state index in [1.165, 1.54) is 18.2 Å². The van der Waals surface area contributed by atoms with Crippen LogP contribution in [0.25, 0.3) is 11.0 Å². The largest absolute Gasteiger partial charge is 0.461 e. The molecular weight excluding hydrogens is 450 g/mol. The Morgan fingerprint density at radius 2 is 1.79 bits per heavy atom. The molecule has 0 saturated heterocycles. The van der Waals surface area contributed by atoms with E-state index in [-0.39, 0.29) is 47.9 Å². The molecule has 1 N–H and O–H groups in total. The third-order valence-electron chi connectivity index (χ3n) is 4.57. The molecule has 1 amide bonds. The fourth-order valence-corrected chi connectivity index (χ4v) is 3.13. The van der Waals surface area contributed by atoms with Gasteiger partial charge in [-0.3, -0.25) is 14.4 Å². The Morgan fingerprint density at radius 3 is 2.52 bits per heavy atom. The highest BCUT2D eigenvalue weighted by Crippen LogP contribution is 2.30. The molecule has 33 heavy (non-hydrogen) atoms. The number of carbonyl (C=O) groups excluding carboxylic acids is 3. The molecule has 0 saturated carbocycles. The summed E-state index contributed by atoms with van der Waals surface area (Å²) in [6.07, 6.45) is 0.773. The minimum absolute atomic E-state index is 0.0169. The number of nitrogens with one attached hydrogen (secondary N) is 1. The van der Waals surface area contributed by atoms with Gasteiger partial charge in [-0.2, -0.15) is 0 Å². The van der Waals surface area contributed by atoms with E-state index in [4.69, 9.17) is 25.5 Å². The number of carbonyl (C=O) groups is 3. The number of rotatable bonds is 9. The monoisotopic (exact) mass is 471 g/mol. The molecule has 8 nitrogen and oxygen atoms in total. The molecule has 0 aliphatic heterocycles. The average molecular weight is 472 g/mol. The van der Waals surface area contributed by atoms with Crippen molar-refractivity contribution in [2.24, 2.45) is 0 Å². The van der Waals surface area contributed by atoms with Crippen LogP contribution in [0.4, 0.5) is 0 Å². The van der Waals surface area contributed by atoms with Gasteiger partial charge in [0.2, 0.25) is 0 Å². The Kier molecular flexibility index (Phi) is 8.21. The van der Waals surface area contributed by atoms with E-state index < -0.39 is 23.5 Å². The summed E-state index contributed by atoms with van der Waals surface area (Å²) in [7, 11) is 0. The fraction of sp³-hybridized carbons (Fsp3) is 0.250. The van der Waals surface area contributed by atoms with E-state index in [1.54, 1.807) is 0 Å². The zero-order valence-electron chi connectivity index (χ0n) is 17.9. The molecule has 0 unspecified atom stereocenters. The molecule has 0 fully saturated rings. The molecular formula is C24H22ClNO7. The van der Waals surface area contributed by atoms with Crippen LogP contribution >= 0.6 is 11.6 Å². The van der Waals surface area contributed by atoms with E-state index >= 15 is 0 Å². The van der Waals surface area contributed by atoms with Gasteiger partial charge in [-0.15, -0.1) is 0 Å². The van der Waals surface area contributed by atoms with Gasteiger partial charge in [0, 0.05) is 24.4 Å². The summed E-state index contributed by atoms with van der Waals surface area (Å²) in [6, 6.07) is 13.3. The molecule has 172 valence electrons. The van der Waals surface area contributed by atoms with Crippen molar-refractivity contribution in [3.8, 4) is 5.75 Å². The van der Waals surface area contributed by atoms with Crippen molar-refractivity contribution in [3.05, 3.63) is 75.1 Å². The minimum Gasteiger partial charge on any atom is -0.461 e. The van der Waals surface area contributed by atoms with Crippen LogP contribution in [0.5, 0.6) is 5.75 Å². The van der Waals surface area contributed by atoms with Gasteiger partial charge in [0.25, 0.3) is 5.91 Å². The summed E-state index contributed by atoms with van der Waals surface area (Å²) in [6.45, 7) is 1.96. The fourth-order valence-electron chi connectivity index (χ4n) is 2.92. The van der Waals surface area contributed by atoms with Crippen LogP contribution in [-0.2, 0) is 20.9 Å². The number of fused-ring (bicyclic) bond motifs is 1. The van der Waals surface area contributed by atoms with Gasteiger partial charge in [-0.1, -0.05) is 48.9 Å². The number of amides is 1. The van der Waals surface area contributed by atoms with Crippen molar-refractivity contribution in [3.63, 3.8) is 0 Å². The van der Waals surface area contributed by atoms with Crippen molar-refractivity contribution in [2.75, 3.05) is 6.54 Å². The minimum atomic E-state index is -0.875. The second kappa shape index (κ2) is 11.3. The Labute approximate surface area is 194 Å². The number of ether oxygens (including phenoxy) is 2. The van der Waals surface area contributed by atoms with E-state index in [1.807, 2.05) is 37.3 Å². The highest BCUT2D eigenvalue weighted by molar-refractivity contribution is 6.33. The summed E-state index contributed by atoms with van der Waals surface area (Å²) in [5, 5.41) is 3.01. The lowest BCUT2D eigenvalue weighted by molar-refractivity contribution is -0.144. The van der Waals surface area contributed by atoms with Crippen molar-refractivity contribution in [1.29, 1.82) is 0 Å². The van der Waals surface area contributed by atoms with Crippen LogP contribution in [0.3, 0.4) is 0 Å². The van der Waals surface area contributed by atoms with Crippen LogP contribution in [0.2, 0.25) is 5.02 Å². The van der Waals surface area contributed by atoms with Crippen molar-refractivity contribution in [1.82, 2.24) is 5.32 Å². The number of hydrogen-bond acceptors (Lipinski definition) is 7. The van der Waals surface area contributed by atoms with Crippen molar-refractivity contribution >= 4 is 40.4 Å². The summed E-state index contributed by atoms with van der Waals surface area (Å²) < 4.78 is 15.5. The third-order valence-corrected chi connectivity index (χ3v) is 4.86. The van der Waals surface area contributed by atoms with E-state index in [2.05, 4.69) is 5.32 Å². The molecule has 1 heterocycles. The molecule has 0 bridgehead atoms. The molecule has 3 aromatic rings. The molecule has 0 spiro atoms. The second-order valence-corrected chi connectivity index (χ2v) is 7.55. The maximum Gasteiger partial charge on any atom is 0.349 e. The third kappa shape index (κ3) is 6.66. The molecule has 9 heteroatoms. The normalized spacial score (nSPS) is 10.6. The van der Waals surface area contributed by atoms with Crippen LogP contribution < -0.4 is 15.7 Å². The lowest BCUT2D eigenvalue weighted by Crippen LogP contribution is -2.30. The summed E-state index contributed by atoms with van der Waals surface area (Å²) >= 11 is 6.16. The first-order chi connectivity index (χ1) is 15.9. The topological polar surface area (TPSA) is 112 Å². The summed E-state index contributed by atoms with van der Waals surface area (Å²) in [5.41, 5.74) is -0.151. The number of halogens is 1. The lowest BCUT2D eigenvalue weighted by Gasteiger charge is -2.08. The first-order valence-electron chi connectivity index (χ1n) is 10.3. The maximum absolute atomic E-state index is 12.4. The molecule has 3 rings (SSSR count). The lowest BCUT2D eigenvalue weighted by atomic mass is 10.1. The summed E-state index contributed by atoms with van der Waals surface area (Å²) in [4.78, 5) is 48.3. The van der Waals surface area contributed by atoms with Gasteiger partial charge in [0.05, 0.1) is 11.4 Å². The molecule has 1 aromatic heterocycles. The Morgan fingerprint density at radius 1 is 1.03 bits per heavy atom. The molecule has 2 aromatic carbocycles. The zero-order chi connectivity index (χ0) is 23.8. The van der Waals surface area contributed by atoms with E-state index in [0.29, 0.717) is 11.8 Å². The van der Waals surface area contributed by atoms with Gasteiger partial charge in [-0.05, 0) is 24.1 Å². The average Bonchev–Trinajstić information content (AvgIpc) is 2.79. The smallest absolute Gasteiger partial charge is 0.349 e. The molecule has 0 aliphatic rings. The van der Waals surface area contributed by atoms with Gasteiger partial charge in [-0.25, -0.2) is 4.79 Å². The van der Waals surface area contributed by atoms with Gasteiger partial charge in [0.15, 0.2) is 5.75 Å². The molecule has 0 aliphatic carbocycles. The predicted octanol–water partition coefficient (Wildman–Crippen LogP) is 4.02. The Bertz CT molecular complexity index is 1220. The van der Waals surface area contributed by atoms with Crippen LogP contribution in [0.1, 0.15) is 42.1 Å². The zero-order valence-corrected chi connectivity index (χ0v) is 18.6. The predicted molar refractivity (Wildman–Crippen MR) is 121 cm³/mol. The van der Waals surface area contributed by atoms with E-state index in [9.17, 15) is 19.2 Å². The van der Waals surface area contributed by atoms with Crippen molar-refractivity contribution in [2.45, 2.75) is 32.8 Å². The first-order valence-corrected chi connectivity index (χ1v) is 10.7. The Balaban J connectivity index is 1.61. The van der Waals surface area contributed by atoms with Gasteiger partial charge in [0.1, 0.15) is 17.8 Å². The highest BCUT2D eigenvalue weighted by Gasteiger charge is 2.17. The number of hydrogen-bond donors (Lipinski definition) is 1. The quantitative estimate of drug-likeness (QED) is 0.285. The second-order valence-electron chi connectivity index (χ2n) is 7.14. The number of esters is 2. The van der Waals surface area contributed by atoms with Crippen LogP contribution in [0, 0.1) is 0 Å². The summed E-state index contributed by atoms with van der Waals surface area (Å²) in [5.74, 6) is -1.57. The Hall–Kier alpha value is -3.65. The highest BCUT2D eigenvalue weighted by atomic mass is 35.5. The van der Waals surface area contributed by atoms with Gasteiger partial charge < -0.3 is 19.2 Å². The maximum atomic E-state index is 12.4. The number of benzene rings is 2. The van der Waals surface area contributed by atoms with Crippen LogP contribution in [0.15, 0.2) is 57.7 Å².